The van der Waals surface area contributed by atoms with Crippen molar-refractivity contribution >= 4 is 11.6 Å². The second-order valence-electron chi connectivity index (χ2n) is 3.93. The molecule has 3 heteroatoms. The molecule has 2 N–H and O–H groups in total. The number of carbonyl (C=O) groups excluding carboxylic acids is 1. The molecule has 16 heavy (non-hydrogen) atoms. The summed E-state index contributed by atoms with van der Waals surface area (Å²) in [6.07, 6.45) is 3.39. The molecule has 1 aliphatic rings. The van der Waals surface area contributed by atoms with Gasteiger partial charge in [-0.15, -0.1) is 6.58 Å². The van der Waals surface area contributed by atoms with Gasteiger partial charge >= 0.3 is 0 Å². The smallest absolute Gasteiger partial charge is 0.242 e. The lowest BCUT2D eigenvalue weighted by molar-refractivity contribution is -0.121. The van der Waals surface area contributed by atoms with Crippen LogP contribution in [0.2, 0.25) is 0 Å². The Hall–Kier alpha value is -1.77. The van der Waals surface area contributed by atoms with Crippen molar-refractivity contribution in [3.63, 3.8) is 0 Å². The Morgan fingerprint density at radius 2 is 2.38 bits per heavy atom. The van der Waals surface area contributed by atoms with E-state index in [4.69, 9.17) is 0 Å². The van der Waals surface area contributed by atoms with Gasteiger partial charge in [-0.2, -0.15) is 0 Å². The summed E-state index contributed by atoms with van der Waals surface area (Å²) in [6, 6.07) is 7.91. The molecule has 1 unspecified atom stereocenters. The van der Waals surface area contributed by atoms with E-state index in [-0.39, 0.29) is 11.9 Å². The predicted molar refractivity (Wildman–Crippen MR) is 65.4 cm³/mol. The van der Waals surface area contributed by atoms with Crippen LogP contribution in [0.3, 0.4) is 0 Å². The monoisotopic (exact) mass is 216 g/mol. The van der Waals surface area contributed by atoms with E-state index in [0.717, 1.165) is 18.5 Å². The standard InChI is InChI=1S/C13H16N2O/c1-2-3-8-14-13(16)12-9-10-6-4-5-7-11(10)15-12/h2,4-7,12,15H,1,3,8-9H2,(H,14,16). The van der Waals surface area contributed by atoms with E-state index in [0.29, 0.717) is 6.54 Å². The van der Waals surface area contributed by atoms with Gasteiger partial charge in [0, 0.05) is 18.7 Å². The summed E-state index contributed by atoms with van der Waals surface area (Å²) in [5.41, 5.74) is 2.29. The highest BCUT2D eigenvalue weighted by molar-refractivity contribution is 5.87. The molecule has 1 aromatic rings. The predicted octanol–water partition coefficient (Wildman–Crippen LogP) is 1.72. The molecule has 0 radical (unpaired) electrons. The van der Waals surface area contributed by atoms with Gasteiger partial charge in [-0.25, -0.2) is 0 Å². The topological polar surface area (TPSA) is 41.1 Å². The average molecular weight is 216 g/mol. The van der Waals surface area contributed by atoms with E-state index in [1.165, 1.54) is 5.56 Å². The lowest BCUT2D eigenvalue weighted by atomic mass is 10.1. The number of fused-ring (bicyclic) bond motifs is 1. The van der Waals surface area contributed by atoms with Crippen LogP contribution in [-0.2, 0) is 11.2 Å². The molecular weight excluding hydrogens is 200 g/mol. The SMILES string of the molecule is C=CCCNC(=O)C1Cc2ccccc2N1. The second kappa shape index (κ2) is 4.84. The maximum absolute atomic E-state index is 11.8. The van der Waals surface area contributed by atoms with Gasteiger partial charge in [-0.1, -0.05) is 24.3 Å². The van der Waals surface area contributed by atoms with Crippen LogP contribution in [0.5, 0.6) is 0 Å². The first-order valence-corrected chi connectivity index (χ1v) is 5.54. The quantitative estimate of drug-likeness (QED) is 0.594. The molecule has 1 aromatic carbocycles. The van der Waals surface area contributed by atoms with Crippen molar-refractivity contribution in [2.75, 3.05) is 11.9 Å². The first kappa shape index (κ1) is 10.7. The Balaban J connectivity index is 1.90. The van der Waals surface area contributed by atoms with Gasteiger partial charge in [0.2, 0.25) is 5.91 Å². The van der Waals surface area contributed by atoms with E-state index in [1.807, 2.05) is 18.2 Å². The number of rotatable bonds is 4. The molecule has 0 saturated carbocycles. The van der Waals surface area contributed by atoms with Gasteiger partial charge in [0.1, 0.15) is 6.04 Å². The van der Waals surface area contributed by atoms with Crippen molar-refractivity contribution in [1.29, 1.82) is 0 Å². The highest BCUT2D eigenvalue weighted by atomic mass is 16.2. The van der Waals surface area contributed by atoms with E-state index in [2.05, 4.69) is 23.3 Å². The van der Waals surface area contributed by atoms with E-state index in [9.17, 15) is 4.79 Å². The average Bonchev–Trinajstić information content (AvgIpc) is 2.73. The Morgan fingerprint density at radius 3 is 3.12 bits per heavy atom. The third-order valence-electron chi connectivity index (χ3n) is 2.74. The van der Waals surface area contributed by atoms with Crippen LogP contribution in [0.25, 0.3) is 0 Å². The fourth-order valence-electron chi connectivity index (χ4n) is 1.88. The molecule has 1 amide bonds. The van der Waals surface area contributed by atoms with Crippen LogP contribution < -0.4 is 10.6 Å². The third kappa shape index (κ3) is 2.24. The summed E-state index contributed by atoms with van der Waals surface area (Å²) in [5, 5.41) is 6.11. The molecule has 3 nitrogen and oxygen atoms in total. The van der Waals surface area contributed by atoms with E-state index in [1.54, 1.807) is 6.08 Å². The summed E-state index contributed by atoms with van der Waals surface area (Å²) >= 11 is 0. The van der Waals surface area contributed by atoms with Crippen molar-refractivity contribution < 1.29 is 4.79 Å². The summed E-state index contributed by atoms with van der Waals surface area (Å²) in [4.78, 5) is 11.8. The molecular formula is C13H16N2O. The lowest BCUT2D eigenvalue weighted by Crippen LogP contribution is -2.38. The Morgan fingerprint density at radius 1 is 1.56 bits per heavy atom. The Labute approximate surface area is 95.6 Å². The normalized spacial score (nSPS) is 17.4. The zero-order valence-electron chi connectivity index (χ0n) is 9.20. The third-order valence-corrected chi connectivity index (χ3v) is 2.74. The van der Waals surface area contributed by atoms with Gasteiger partial charge < -0.3 is 10.6 Å². The number of hydrogen-bond donors (Lipinski definition) is 2. The van der Waals surface area contributed by atoms with Crippen molar-refractivity contribution in [2.45, 2.75) is 18.9 Å². The molecule has 0 aliphatic carbocycles. The van der Waals surface area contributed by atoms with Crippen LogP contribution in [-0.4, -0.2) is 18.5 Å². The van der Waals surface area contributed by atoms with Crippen molar-refractivity contribution in [3.8, 4) is 0 Å². The summed E-state index contributed by atoms with van der Waals surface area (Å²) < 4.78 is 0. The summed E-state index contributed by atoms with van der Waals surface area (Å²) in [5.74, 6) is 0.0676. The minimum absolute atomic E-state index is 0.0676. The number of benzene rings is 1. The van der Waals surface area contributed by atoms with Gasteiger partial charge in [0.15, 0.2) is 0 Å². The van der Waals surface area contributed by atoms with E-state index < -0.39 is 0 Å². The first-order chi connectivity index (χ1) is 7.81. The molecule has 1 atom stereocenters. The molecule has 2 rings (SSSR count). The number of para-hydroxylation sites is 1. The van der Waals surface area contributed by atoms with Crippen LogP contribution in [0.1, 0.15) is 12.0 Å². The molecule has 0 aromatic heterocycles. The minimum Gasteiger partial charge on any atom is -0.373 e. The number of carbonyl (C=O) groups is 1. The number of hydrogen-bond acceptors (Lipinski definition) is 2. The van der Waals surface area contributed by atoms with E-state index >= 15 is 0 Å². The molecule has 1 heterocycles. The van der Waals surface area contributed by atoms with Crippen LogP contribution in [0.4, 0.5) is 5.69 Å². The van der Waals surface area contributed by atoms with Gasteiger partial charge in [0.25, 0.3) is 0 Å². The summed E-state index contributed by atoms with van der Waals surface area (Å²) in [7, 11) is 0. The van der Waals surface area contributed by atoms with Gasteiger partial charge in [-0.05, 0) is 18.1 Å². The fourth-order valence-corrected chi connectivity index (χ4v) is 1.88. The maximum atomic E-state index is 11.8. The second-order valence-corrected chi connectivity index (χ2v) is 3.93. The van der Waals surface area contributed by atoms with Gasteiger partial charge in [0.05, 0.1) is 0 Å². The molecule has 84 valence electrons. The zero-order chi connectivity index (χ0) is 11.4. The highest BCUT2D eigenvalue weighted by Gasteiger charge is 2.25. The molecule has 1 aliphatic heterocycles. The minimum atomic E-state index is -0.123. The number of amides is 1. The molecule has 0 spiro atoms. The van der Waals surface area contributed by atoms with Crippen molar-refractivity contribution in [2.24, 2.45) is 0 Å². The van der Waals surface area contributed by atoms with Crippen molar-refractivity contribution in [3.05, 3.63) is 42.5 Å². The van der Waals surface area contributed by atoms with Crippen LogP contribution >= 0.6 is 0 Å². The maximum Gasteiger partial charge on any atom is 0.242 e. The molecule has 0 fully saturated rings. The highest BCUT2D eigenvalue weighted by Crippen LogP contribution is 2.24. The lowest BCUT2D eigenvalue weighted by Gasteiger charge is -2.11. The van der Waals surface area contributed by atoms with Crippen molar-refractivity contribution in [1.82, 2.24) is 5.32 Å². The number of anilines is 1. The van der Waals surface area contributed by atoms with Crippen LogP contribution in [0, 0.1) is 0 Å². The van der Waals surface area contributed by atoms with Gasteiger partial charge in [-0.3, -0.25) is 4.79 Å². The Bertz CT molecular complexity index is 376. The fraction of sp³-hybridized carbons (Fsp3) is 0.308. The Kier molecular flexibility index (Phi) is 3.25. The molecule has 0 bridgehead atoms. The zero-order valence-corrected chi connectivity index (χ0v) is 9.20. The summed E-state index contributed by atoms with van der Waals surface area (Å²) in [6.45, 7) is 4.28. The largest absolute Gasteiger partial charge is 0.373 e. The number of nitrogens with one attached hydrogen (secondary N) is 2. The molecule has 0 saturated heterocycles. The van der Waals surface area contributed by atoms with Crippen LogP contribution in [0.15, 0.2) is 36.9 Å². The first-order valence-electron chi connectivity index (χ1n) is 5.54.